The normalized spacial score (nSPS) is 16.7. The van der Waals surface area contributed by atoms with Gasteiger partial charge in [0.1, 0.15) is 0 Å². The van der Waals surface area contributed by atoms with Crippen LogP contribution < -0.4 is 4.18 Å². The number of rotatable bonds is 2. The Bertz CT molecular complexity index is 759. The van der Waals surface area contributed by atoms with Gasteiger partial charge in [-0.1, -0.05) is 18.2 Å². The van der Waals surface area contributed by atoms with E-state index >= 15 is 0 Å². The summed E-state index contributed by atoms with van der Waals surface area (Å²) in [5.74, 6) is 0.308. The maximum absolute atomic E-state index is 11.5. The molecule has 0 unspecified atom stereocenters. The molecule has 1 aromatic heterocycles. The highest BCUT2D eigenvalue weighted by molar-refractivity contribution is 7.86. The van der Waals surface area contributed by atoms with E-state index in [1.165, 1.54) is 0 Å². The standard InChI is InChI=1S/C13H9NO3S2/c15-19(16)14-12(6-5-10-7-8-18-9-10)11-3-1-2-4-13(11)17-19/h1-9H/b6-5+. The highest BCUT2D eigenvalue weighted by atomic mass is 32.2. The van der Waals surface area contributed by atoms with E-state index in [2.05, 4.69) is 4.40 Å². The number of hydrogen-bond acceptors (Lipinski definition) is 4. The zero-order chi connectivity index (χ0) is 13.3. The zero-order valence-electron chi connectivity index (χ0n) is 9.68. The van der Waals surface area contributed by atoms with Crippen LogP contribution in [0, 0.1) is 0 Å². The third-order valence-corrected chi connectivity index (χ3v) is 4.06. The van der Waals surface area contributed by atoms with E-state index in [9.17, 15) is 8.42 Å². The Morgan fingerprint density at radius 3 is 2.79 bits per heavy atom. The lowest BCUT2D eigenvalue weighted by atomic mass is 10.1. The van der Waals surface area contributed by atoms with Crippen LogP contribution in [0.25, 0.3) is 6.08 Å². The Balaban J connectivity index is 2.05. The van der Waals surface area contributed by atoms with E-state index in [0.29, 0.717) is 17.0 Å². The highest BCUT2D eigenvalue weighted by Gasteiger charge is 2.22. The quantitative estimate of drug-likeness (QED) is 0.855. The average Bonchev–Trinajstić information content (AvgIpc) is 2.87. The molecule has 4 nitrogen and oxygen atoms in total. The molecule has 2 heterocycles. The molecule has 2 aromatic rings. The third-order valence-electron chi connectivity index (χ3n) is 2.55. The Labute approximate surface area is 115 Å². The van der Waals surface area contributed by atoms with Crippen LogP contribution in [-0.4, -0.2) is 14.1 Å². The molecule has 0 bridgehead atoms. The molecular formula is C13H9NO3S2. The first-order valence-electron chi connectivity index (χ1n) is 5.48. The smallest absolute Gasteiger partial charge is 0.365 e. The topological polar surface area (TPSA) is 55.7 Å². The second-order valence-corrected chi connectivity index (χ2v) is 5.86. The van der Waals surface area contributed by atoms with E-state index in [0.717, 1.165) is 5.56 Å². The van der Waals surface area contributed by atoms with Gasteiger partial charge in [0.05, 0.1) is 5.71 Å². The average molecular weight is 291 g/mol. The maximum Gasteiger partial charge on any atom is 0.429 e. The van der Waals surface area contributed by atoms with Gasteiger partial charge >= 0.3 is 10.3 Å². The SMILES string of the molecule is O=S1(=O)N=C(/C=C/c2ccsc2)c2ccccc2O1. The van der Waals surface area contributed by atoms with Crippen molar-refractivity contribution in [2.75, 3.05) is 0 Å². The molecule has 0 amide bonds. The van der Waals surface area contributed by atoms with E-state index in [1.807, 2.05) is 29.0 Å². The van der Waals surface area contributed by atoms with Gasteiger partial charge in [-0.05, 0) is 40.6 Å². The second kappa shape index (κ2) is 4.64. The van der Waals surface area contributed by atoms with Crippen molar-refractivity contribution in [3.63, 3.8) is 0 Å². The van der Waals surface area contributed by atoms with Crippen LogP contribution >= 0.6 is 11.3 Å². The maximum atomic E-state index is 11.5. The van der Waals surface area contributed by atoms with Crippen molar-refractivity contribution >= 4 is 33.4 Å². The molecule has 0 atom stereocenters. The number of allylic oxidation sites excluding steroid dienone is 1. The summed E-state index contributed by atoms with van der Waals surface area (Å²) in [4.78, 5) is 0. The molecule has 19 heavy (non-hydrogen) atoms. The fourth-order valence-corrected chi connectivity index (χ4v) is 3.16. The Kier molecular flexibility index (Phi) is 2.96. The first-order chi connectivity index (χ1) is 9.14. The first-order valence-corrected chi connectivity index (χ1v) is 7.79. The van der Waals surface area contributed by atoms with Crippen molar-refractivity contribution in [1.29, 1.82) is 0 Å². The fourth-order valence-electron chi connectivity index (χ4n) is 1.72. The summed E-state index contributed by atoms with van der Waals surface area (Å²) >= 11 is 1.58. The van der Waals surface area contributed by atoms with Crippen molar-refractivity contribution in [2.24, 2.45) is 4.40 Å². The largest absolute Gasteiger partial charge is 0.429 e. The molecule has 6 heteroatoms. The number of benzene rings is 1. The van der Waals surface area contributed by atoms with Gasteiger partial charge < -0.3 is 4.18 Å². The molecule has 0 aliphatic carbocycles. The minimum Gasteiger partial charge on any atom is -0.365 e. The molecule has 0 fully saturated rings. The molecule has 3 rings (SSSR count). The zero-order valence-corrected chi connectivity index (χ0v) is 11.3. The Morgan fingerprint density at radius 2 is 2.00 bits per heavy atom. The van der Waals surface area contributed by atoms with Crippen LogP contribution in [0.3, 0.4) is 0 Å². The molecule has 0 spiro atoms. The van der Waals surface area contributed by atoms with Gasteiger partial charge in [-0.25, -0.2) is 0 Å². The number of fused-ring (bicyclic) bond motifs is 1. The molecule has 1 aliphatic rings. The summed E-state index contributed by atoms with van der Waals surface area (Å²) < 4.78 is 31.6. The lowest BCUT2D eigenvalue weighted by Gasteiger charge is -2.14. The molecular weight excluding hydrogens is 282 g/mol. The van der Waals surface area contributed by atoms with Crippen molar-refractivity contribution in [1.82, 2.24) is 0 Å². The molecule has 0 saturated carbocycles. The molecule has 0 saturated heterocycles. The number of nitrogens with zero attached hydrogens (tertiary/aromatic N) is 1. The summed E-state index contributed by atoms with van der Waals surface area (Å²) in [5.41, 5.74) is 2.06. The van der Waals surface area contributed by atoms with Gasteiger partial charge in [0, 0.05) is 5.56 Å². The lowest BCUT2D eigenvalue weighted by molar-refractivity contribution is 0.485. The van der Waals surface area contributed by atoms with Crippen LogP contribution in [0.5, 0.6) is 5.75 Å². The number of hydrogen-bond donors (Lipinski definition) is 0. The van der Waals surface area contributed by atoms with E-state index < -0.39 is 10.3 Å². The van der Waals surface area contributed by atoms with Crippen LogP contribution in [0.2, 0.25) is 0 Å². The van der Waals surface area contributed by atoms with E-state index in [4.69, 9.17) is 4.18 Å². The van der Waals surface area contributed by atoms with Gasteiger partial charge in [0.25, 0.3) is 0 Å². The minimum absolute atomic E-state index is 0.308. The number of para-hydroxylation sites is 1. The predicted octanol–water partition coefficient (Wildman–Crippen LogP) is 2.89. The van der Waals surface area contributed by atoms with Crippen molar-refractivity contribution in [2.45, 2.75) is 0 Å². The summed E-state index contributed by atoms with van der Waals surface area (Å²) in [6, 6.07) is 8.87. The number of thiophene rings is 1. The molecule has 1 aliphatic heterocycles. The van der Waals surface area contributed by atoms with E-state index in [-0.39, 0.29) is 0 Å². The van der Waals surface area contributed by atoms with Crippen molar-refractivity contribution in [3.8, 4) is 5.75 Å². The van der Waals surface area contributed by atoms with Gasteiger partial charge in [-0.15, -0.1) is 4.40 Å². The van der Waals surface area contributed by atoms with Crippen LogP contribution in [0.4, 0.5) is 0 Å². The Morgan fingerprint density at radius 1 is 1.16 bits per heavy atom. The predicted molar refractivity (Wildman–Crippen MR) is 75.9 cm³/mol. The molecule has 0 radical (unpaired) electrons. The van der Waals surface area contributed by atoms with Crippen LogP contribution in [0.15, 0.2) is 51.6 Å². The van der Waals surface area contributed by atoms with Gasteiger partial charge in [-0.2, -0.15) is 19.8 Å². The van der Waals surface area contributed by atoms with Gasteiger partial charge in [0.15, 0.2) is 5.75 Å². The summed E-state index contributed by atoms with van der Waals surface area (Å²) in [6.45, 7) is 0. The summed E-state index contributed by atoms with van der Waals surface area (Å²) in [5, 5.41) is 3.92. The molecule has 0 N–H and O–H groups in total. The minimum atomic E-state index is -3.90. The van der Waals surface area contributed by atoms with E-state index in [1.54, 1.807) is 35.6 Å². The van der Waals surface area contributed by atoms with Crippen LogP contribution in [-0.2, 0) is 10.3 Å². The highest BCUT2D eigenvalue weighted by Crippen LogP contribution is 2.26. The second-order valence-electron chi connectivity index (χ2n) is 3.87. The molecule has 1 aromatic carbocycles. The monoisotopic (exact) mass is 291 g/mol. The van der Waals surface area contributed by atoms with Gasteiger partial charge in [0.2, 0.25) is 0 Å². The molecule has 96 valence electrons. The summed E-state index contributed by atoms with van der Waals surface area (Å²) in [7, 11) is -3.90. The lowest BCUT2D eigenvalue weighted by Crippen LogP contribution is -2.17. The summed E-state index contributed by atoms with van der Waals surface area (Å²) in [6.07, 6.45) is 3.51. The fraction of sp³-hybridized carbons (Fsp3) is 0. The third kappa shape index (κ3) is 2.59. The van der Waals surface area contributed by atoms with Crippen LogP contribution in [0.1, 0.15) is 11.1 Å². The Hall–Kier alpha value is -1.92. The first kappa shape index (κ1) is 12.1. The van der Waals surface area contributed by atoms with Gasteiger partial charge in [-0.3, -0.25) is 0 Å². The van der Waals surface area contributed by atoms with Crippen molar-refractivity contribution < 1.29 is 12.6 Å². The van der Waals surface area contributed by atoms with Crippen molar-refractivity contribution in [3.05, 3.63) is 58.3 Å².